The van der Waals surface area contributed by atoms with Crippen molar-refractivity contribution in [3.05, 3.63) is 59.7 Å². The van der Waals surface area contributed by atoms with Crippen LogP contribution in [0.1, 0.15) is 24.0 Å². The third kappa shape index (κ3) is 4.80. The predicted molar refractivity (Wildman–Crippen MR) is 103 cm³/mol. The standard InChI is InChI=1S/C22H26N2O3/c25-22(23-14-19-6-7-20-21(13-19)27-16-26-20)15-24-10-8-18(9-11-24)12-17-4-2-1-3-5-17/h1-7,13,18H,8-12,14-16H2,(H,23,25)/p+1. The molecular formula is C22H27N2O3+. The number of piperidine rings is 1. The number of amides is 1. The molecule has 0 bridgehead atoms. The van der Waals surface area contributed by atoms with Crippen molar-refractivity contribution in [2.24, 2.45) is 5.92 Å². The number of carbonyl (C=O) groups excluding carboxylic acids is 1. The Balaban J connectivity index is 1.18. The third-order valence-corrected chi connectivity index (χ3v) is 5.52. The molecule has 0 saturated carbocycles. The number of fused-ring (bicyclic) bond motifs is 1. The van der Waals surface area contributed by atoms with Gasteiger partial charge in [-0.25, -0.2) is 0 Å². The molecular weight excluding hydrogens is 340 g/mol. The number of benzene rings is 2. The number of rotatable bonds is 6. The van der Waals surface area contributed by atoms with E-state index >= 15 is 0 Å². The molecule has 1 fully saturated rings. The average molecular weight is 367 g/mol. The van der Waals surface area contributed by atoms with Crippen LogP contribution in [0.3, 0.4) is 0 Å². The maximum Gasteiger partial charge on any atom is 0.275 e. The van der Waals surface area contributed by atoms with Gasteiger partial charge in [-0.2, -0.15) is 0 Å². The summed E-state index contributed by atoms with van der Waals surface area (Å²) in [5.41, 5.74) is 2.46. The monoisotopic (exact) mass is 367 g/mol. The molecule has 0 aliphatic carbocycles. The van der Waals surface area contributed by atoms with E-state index < -0.39 is 0 Å². The van der Waals surface area contributed by atoms with Gasteiger partial charge in [0.1, 0.15) is 0 Å². The number of likely N-dealkylation sites (tertiary alicyclic amines) is 1. The maximum absolute atomic E-state index is 12.3. The molecule has 0 radical (unpaired) electrons. The van der Waals surface area contributed by atoms with Gasteiger partial charge in [0.05, 0.1) is 13.1 Å². The molecule has 5 nitrogen and oxygen atoms in total. The highest BCUT2D eigenvalue weighted by Crippen LogP contribution is 2.32. The fraction of sp³-hybridized carbons (Fsp3) is 0.409. The Morgan fingerprint density at radius 3 is 2.59 bits per heavy atom. The van der Waals surface area contributed by atoms with E-state index in [-0.39, 0.29) is 12.7 Å². The van der Waals surface area contributed by atoms with Gasteiger partial charge >= 0.3 is 0 Å². The molecule has 0 aromatic heterocycles. The van der Waals surface area contributed by atoms with Crippen molar-refractivity contribution in [2.45, 2.75) is 25.8 Å². The summed E-state index contributed by atoms with van der Waals surface area (Å²) in [4.78, 5) is 13.7. The molecule has 2 aliphatic rings. The first-order valence-electron chi connectivity index (χ1n) is 9.79. The summed E-state index contributed by atoms with van der Waals surface area (Å²) in [5, 5.41) is 3.03. The highest BCUT2D eigenvalue weighted by Gasteiger charge is 2.24. The van der Waals surface area contributed by atoms with Crippen LogP contribution in [0.15, 0.2) is 48.5 Å². The topological polar surface area (TPSA) is 52.0 Å². The summed E-state index contributed by atoms with van der Waals surface area (Å²) in [6.45, 7) is 3.51. The molecule has 0 atom stereocenters. The zero-order valence-electron chi connectivity index (χ0n) is 15.6. The minimum Gasteiger partial charge on any atom is -0.454 e. The molecule has 2 N–H and O–H groups in total. The molecule has 4 rings (SSSR count). The Bertz CT molecular complexity index is 770. The number of carbonyl (C=O) groups is 1. The minimum atomic E-state index is 0.115. The predicted octanol–water partition coefficient (Wildman–Crippen LogP) is 1.57. The van der Waals surface area contributed by atoms with Crippen molar-refractivity contribution in [3.8, 4) is 11.5 Å². The Hall–Kier alpha value is -2.53. The zero-order chi connectivity index (χ0) is 18.5. The Morgan fingerprint density at radius 1 is 1.00 bits per heavy atom. The lowest BCUT2D eigenvalue weighted by Gasteiger charge is -2.29. The number of hydrogen-bond acceptors (Lipinski definition) is 3. The smallest absolute Gasteiger partial charge is 0.275 e. The van der Waals surface area contributed by atoms with Gasteiger partial charge < -0.3 is 19.7 Å². The van der Waals surface area contributed by atoms with Crippen LogP contribution in [0.2, 0.25) is 0 Å². The SMILES string of the molecule is O=C(C[NH+]1CCC(Cc2ccccc2)CC1)NCc1ccc2c(c1)OCO2. The summed E-state index contributed by atoms with van der Waals surface area (Å²) in [6.07, 6.45) is 3.55. The van der Waals surface area contributed by atoms with Crippen LogP contribution in [0.4, 0.5) is 0 Å². The van der Waals surface area contributed by atoms with Gasteiger partial charge in [0.2, 0.25) is 6.79 Å². The number of ether oxygens (including phenoxy) is 2. The summed E-state index contributed by atoms with van der Waals surface area (Å²) < 4.78 is 10.7. The van der Waals surface area contributed by atoms with Gasteiger partial charge in [0, 0.05) is 6.54 Å². The van der Waals surface area contributed by atoms with Gasteiger partial charge in [-0.1, -0.05) is 36.4 Å². The minimum absolute atomic E-state index is 0.115. The Labute approximate surface area is 160 Å². The third-order valence-electron chi connectivity index (χ3n) is 5.52. The van der Waals surface area contributed by atoms with Gasteiger partial charge in [-0.05, 0) is 48.4 Å². The summed E-state index contributed by atoms with van der Waals surface area (Å²) in [6, 6.07) is 16.5. The molecule has 0 unspecified atom stereocenters. The van der Waals surface area contributed by atoms with Crippen molar-refractivity contribution in [3.63, 3.8) is 0 Å². The van der Waals surface area contributed by atoms with E-state index in [9.17, 15) is 4.79 Å². The molecule has 1 saturated heterocycles. The maximum atomic E-state index is 12.3. The van der Waals surface area contributed by atoms with E-state index in [4.69, 9.17) is 9.47 Å². The molecule has 142 valence electrons. The number of quaternary nitrogens is 1. The zero-order valence-corrected chi connectivity index (χ0v) is 15.6. The average Bonchev–Trinajstić information content (AvgIpc) is 3.17. The van der Waals surface area contributed by atoms with Crippen LogP contribution in [-0.4, -0.2) is 32.3 Å². The van der Waals surface area contributed by atoms with Crippen LogP contribution in [0.5, 0.6) is 11.5 Å². The lowest BCUT2D eigenvalue weighted by atomic mass is 9.90. The lowest BCUT2D eigenvalue weighted by molar-refractivity contribution is -0.898. The van der Waals surface area contributed by atoms with Gasteiger partial charge in [0.25, 0.3) is 5.91 Å². The molecule has 2 aromatic carbocycles. The lowest BCUT2D eigenvalue weighted by Crippen LogP contribution is -3.14. The molecule has 2 aromatic rings. The van der Waals surface area contributed by atoms with Crippen molar-refractivity contribution in [1.82, 2.24) is 5.32 Å². The van der Waals surface area contributed by atoms with E-state index in [2.05, 4.69) is 35.6 Å². The van der Waals surface area contributed by atoms with Gasteiger partial charge in [0.15, 0.2) is 18.0 Å². The summed E-state index contributed by atoms with van der Waals surface area (Å²) in [7, 11) is 0. The van der Waals surface area contributed by atoms with Crippen LogP contribution in [-0.2, 0) is 17.8 Å². The Morgan fingerprint density at radius 2 is 1.78 bits per heavy atom. The second-order valence-electron chi connectivity index (χ2n) is 7.52. The molecule has 1 amide bonds. The molecule has 2 heterocycles. The van der Waals surface area contributed by atoms with Crippen LogP contribution in [0, 0.1) is 5.92 Å². The first-order chi connectivity index (χ1) is 13.3. The van der Waals surface area contributed by atoms with E-state index in [1.165, 1.54) is 23.3 Å². The van der Waals surface area contributed by atoms with E-state index in [1.807, 2.05) is 18.2 Å². The van der Waals surface area contributed by atoms with Gasteiger partial charge in [-0.15, -0.1) is 0 Å². The summed E-state index contributed by atoms with van der Waals surface area (Å²) >= 11 is 0. The first kappa shape index (κ1) is 17.9. The van der Waals surface area contributed by atoms with Crippen molar-refractivity contribution < 1.29 is 19.2 Å². The normalized spacial score (nSPS) is 21.0. The number of hydrogen-bond donors (Lipinski definition) is 2. The van der Waals surface area contributed by atoms with Crippen molar-refractivity contribution in [2.75, 3.05) is 26.4 Å². The molecule has 27 heavy (non-hydrogen) atoms. The first-order valence-corrected chi connectivity index (χ1v) is 9.79. The van der Waals surface area contributed by atoms with Crippen LogP contribution < -0.4 is 19.7 Å². The quantitative estimate of drug-likeness (QED) is 0.815. The largest absolute Gasteiger partial charge is 0.454 e. The summed E-state index contributed by atoms with van der Waals surface area (Å²) in [5.74, 6) is 2.39. The fourth-order valence-electron chi connectivity index (χ4n) is 3.96. The second kappa shape index (κ2) is 8.44. The molecule has 0 spiro atoms. The van der Waals surface area contributed by atoms with E-state index in [0.717, 1.165) is 42.5 Å². The molecule has 2 aliphatic heterocycles. The van der Waals surface area contributed by atoms with Crippen LogP contribution in [0.25, 0.3) is 0 Å². The van der Waals surface area contributed by atoms with Crippen LogP contribution >= 0.6 is 0 Å². The second-order valence-corrected chi connectivity index (χ2v) is 7.52. The highest BCUT2D eigenvalue weighted by molar-refractivity contribution is 5.76. The highest BCUT2D eigenvalue weighted by atomic mass is 16.7. The van der Waals surface area contributed by atoms with E-state index in [1.54, 1.807) is 0 Å². The van der Waals surface area contributed by atoms with Crippen molar-refractivity contribution >= 4 is 5.91 Å². The molecule has 5 heteroatoms. The van der Waals surface area contributed by atoms with Crippen molar-refractivity contribution in [1.29, 1.82) is 0 Å². The van der Waals surface area contributed by atoms with E-state index in [0.29, 0.717) is 13.1 Å². The Kier molecular flexibility index (Phi) is 5.58. The number of nitrogens with one attached hydrogen (secondary N) is 2. The van der Waals surface area contributed by atoms with Gasteiger partial charge in [-0.3, -0.25) is 4.79 Å². The fourth-order valence-corrected chi connectivity index (χ4v) is 3.96.